The zero-order chi connectivity index (χ0) is 14.2. The monoisotopic (exact) mass is 301 g/mol. The van der Waals surface area contributed by atoms with Crippen LogP contribution in [0.1, 0.15) is 23.7 Å². The summed E-state index contributed by atoms with van der Waals surface area (Å²) in [6.45, 7) is 2.23. The fourth-order valence-electron chi connectivity index (χ4n) is 2.15. The second-order valence-electron chi connectivity index (χ2n) is 4.94. The molecule has 0 unspecified atom stereocenters. The molecule has 1 aliphatic heterocycles. The van der Waals surface area contributed by atoms with Crippen LogP contribution in [0.15, 0.2) is 18.2 Å². The van der Waals surface area contributed by atoms with Crippen LogP contribution in [0.25, 0.3) is 0 Å². The Kier molecular flexibility index (Phi) is 3.74. The Morgan fingerprint density at radius 2 is 2.05 bits per heavy atom. The minimum Gasteiger partial charge on any atom is -0.481 e. The third kappa shape index (κ3) is 2.55. The van der Waals surface area contributed by atoms with Gasteiger partial charge in [0.15, 0.2) is 0 Å². The lowest BCUT2D eigenvalue weighted by Gasteiger charge is -2.20. The minimum atomic E-state index is -0.889. The predicted octanol–water partition coefficient (Wildman–Crippen LogP) is 2.93. The summed E-state index contributed by atoms with van der Waals surface area (Å²) in [4.78, 5) is 25.0. The molecule has 6 heteroatoms. The highest BCUT2D eigenvalue weighted by Gasteiger charge is 2.42. The van der Waals surface area contributed by atoms with E-state index in [9.17, 15) is 9.59 Å². The van der Waals surface area contributed by atoms with Gasteiger partial charge in [-0.05, 0) is 25.5 Å². The van der Waals surface area contributed by atoms with E-state index in [1.807, 2.05) is 0 Å². The SMILES string of the molecule is C[C@@]1(C(=O)O)CCN(C(=O)c2cccc(Cl)c2Cl)C1. The molecular formula is C13H13Cl2NO3. The fraction of sp³-hybridized carbons (Fsp3) is 0.385. The summed E-state index contributed by atoms with van der Waals surface area (Å²) < 4.78 is 0. The quantitative estimate of drug-likeness (QED) is 0.914. The molecule has 0 aromatic heterocycles. The minimum absolute atomic E-state index is 0.185. The van der Waals surface area contributed by atoms with Crippen molar-refractivity contribution in [2.45, 2.75) is 13.3 Å². The Labute approximate surface area is 120 Å². The van der Waals surface area contributed by atoms with Crippen molar-refractivity contribution in [3.63, 3.8) is 0 Å². The first-order chi connectivity index (χ1) is 8.85. The molecule has 0 saturated carbocycles. The van der Waals surface area contributed by atoms with Gasteiger partial charge in [-0.15, -0.1) is 0 Å². The maximum Gasteiger partial charge on any atom is 0.311 e. The van der Waals surface area contributed by atoms with Gasteiger partial charge in [0.25, 0.3) is 5.91 Å². The summed E-state index contributed by atoms with van der Waals surface area (Å²) in [6.07, 6.45) is 0.437. The molecular weight excluding hydrogens is 289 g/mol. The van der Waals surface area contributed by atoms with Crippen LogP contribution in [0, 0.1) is 5.41 Å². The largest absolute Gasteiger partial charge is 0.481 e. The molecule has 1 fully saturated rings. The number of halogens is 2. The number of aliphatic carboxylic acids is 1. The average Bonchev–Trinajstić information content (AvgIpc) is 2.76. The van der Waals surface area contributed by atoms with Gasteiger partial charge in [0.1, 0.15) is 0 Å². The molecule has 1 atom stereocenters. The van der Waals surface area contributed by atoms with Gasteiger partial charge < -0.3 is 10.0 Å². The summed E-state index contributed by atoms with van der Waals surface area (Å²) in [7, 11) is 0. The van der Waals surface area contributed by atoms with E-state index in [-0.39, 0.29) is 17.5 Å². The summed E-state index contributed by atoms with van der Waals surface area (Å²) in [5.74, 6) is -1.17. The molecule has 102 valence electrons. The van der Waals surface area contributed by atoms with Crippen LogP contribution in [0.3, 0.4) is 0 Å². The van der Waals surface area contributed by atoms with Gasteiger partial charge in [-0.2, -0.15) is 0 Å². The van der Waals surface area contributed by atoms with Crippen LogP contribution in [-0.2, 0) is 4.79 Å². The lowest BCUT2D eigenvalue weighted by atomic mass is 9.90. The number of benzene rings is 1. The molecule has 1 saturated heterocycles. The van der Waals surface area contributed by atoms with E-state index in [0.717, 1.165) is 0 Å². The molecule has 1 N–H and O–H groups in total. The number of nitrogens with zero attached hydrogens (tertiary/aromatic N) is 1. The highest BCUT2D eigenvalue weighted by molar-refractivity contribution is 6.43. The number of carboxylic acid groups (broad SMARTS) is 1. The molecule has 1 aromatic carbocycles. The third-order valence-electron chi connectivity index (χ3n) is 3.46. The molecule has 2 rings (SSSR count). The summed E-state index contributed by atoms with van der Waals surface area (Å²) >= 11 is 11.9. The summed E-state index contributed by atoms with van der Waals surface area (Å²) in [5, 5.41) is 9.68. The molecule has 1 aromatic rings. The Morgan fingerprint density at radius 3 is 2.63 bits per heavy atom. The van der Waals surface area contributed by atoms with Gasteiger partial charge in [-0.25, -0.2) is 0 Å². The first kappa shape index (κ1) is 14.2. The maximum absolute atomic E-state index is 12.3. The lowest BCUT2D eigenvalue weighted by Crippen LogP contribution is -2.35. The van der Waals surface area contributed by atoms with Crippen molar-refractivity contribution in [1.29, 1.82) is 0 Å². The normalized spacial score (nSPS) is 22.6. The standard InChI is InChI=1S/C13H13Cl2NO3/c1-13(12(18)19)5-6-16(7-13)11(17)8-3-2-4-9(14)10(8)15/h2-4H,5-7H2,1H3,(H,18,19)/t13-/m1/s1. The number of carboxylic acids is 1. The van der Waals surface area contributed by atoms with Crippen LogP contribution < -0.4 is 0 Å². The van der Waals surface area contributed by atoms with Gasteiger partial charge >= 0.3 is 5.97 Å². The summed E-state index contributed by atoms with van der Waals surface area (Å²) in [6, 6.07) is 4.84. The first-order valence-electron chi connectivity index (χ1n) is 5.82. The van der Waals surface area contributed by atoms with Crippen LogP contribution in [0.4, 0.5) is 0 Å². The fourth-order valence-corrected chi connectivity index (χ4v) is 2.53. The van der Waals surface area contributed by atoms with E-state index >= 15 is 0 Å². The number of rotatable bonds is 2. The predicted molar refractivity (Wildman–Crippen MR) is 72.7 cm³/mol. The van der Waals surface area contributed by atoms with E-state index in [4.69, 9.17) is 28.3 Å². The number of carbonyl (C=O) groups excluding carboxylic acids is 1. The molecule has 0 aliphatic carbocycles. The van der Waals surface area contributed by atoms with Crippen LogP contribution >= 0.6 is 23.2 Å². The highest BCUT2D eigenvalue weighted by Crippen LogP contribution is 2.33. The topological polar surface area (TPSA) is 57.6 Å². The molecule has 0 bridgehead atoms. The first-order valence-corrected chi connectivity index (χ1v) is 6.57. The zero-order valence-electron chi connectivity index (χ0n) is 10.3. The van der Waals surface area contributed by atoms with Crippen LogP contribution in [-0.4, -0.2) is 35.0 Å². The van der Waals surface area contributed by atoms with Crippen molar-refractivity contribution in [2.75, 3.05) is 13.1 Å². The van der Waals surface area contributed by atoms with E-state index in [1.165, 1.54) is 4.90 Å². The Balaban J connectivity index is 2.23. The molecule has 1 aliphatic rings. The Bertz CT molecular complexity index is 547. The number of hydrogen-bond acceptors (Lipinski definition) is 2. The Hall–Kier alpha value is -1.26. The number of carbonyl (C=O) groups is 2. The molecule has 1 amide bonds. The van der Waals surface area contributed by atoms with Crippen molar-refractivity contribution in [3.8, 4) is 0 Å². The van der Waals surface area contributed by atoms with E-state index in [2.05, 4.69) is 0 Å². The second-order valence-corrected chi connectivity index (χ2v) is 5.73. The van der Waals surface area contributed by atoms with Gasteiger partial charge in [-0.1, -0.05) is 29.3 Å². The highest BCUT2D eigenvalue weighted by atomic mass is 35.5. The van der Waals surface area contributed by atoms with Crippen molar-refractivity contribution >= 4 is 35.1 Å². The van der Waals surface area contributed by atoms with Crippen molar-refractivity contribution in [3.05, 3.63) is 33.8 Å². The molecule has 0 spiro atoms. The van der Waals surface area contributed by atoms with Crippen LogP contribution in [0.2, 0.25) is 10.0 Å². The average molecular weight is 302 g/mol. The van der Waals surface area contributed by atoms with E-state index < -0.39 is 11.4 Å². The van der Waals surface area contributed by atoms with Gasteiger partial charge in [0, 0.05) is 13.1 Å². The van der Waals surface area contributed by atoms with Gasteiger partial charge in [0.2, 0.25) is 0 Å². The second kappa shape index (κ2) is 5.02. The molecule has 1 heterocycles. The van der Waals surface area contributed by atoms with Crippen molar-refractivity contribution in [1.82, 2.24) is 4.90 Å². The van der Waals surface area contributed by atoms with Crippen LogP contribution in [0.5, 0.6) is 0 Å². The lowest BCUT2D eigenvalue weighted by molar-refractivity contribution is -0.147. The zero-order valence-corrected chi connectivity index (χ0v) is 11.8. The molecule has 0 radical (unpaired) electrons. The van der Waals surface area contributed by atoms with Crippen molar-refractivity contribution < 1.29 is 14.7 Å². The van der Waals surface area contributed by atoms with Crippen molar-refractivity contribution in [2.24, 2.45) is 5.41 Å². The van der Waals surface area contributed by atoms with Gasteiger partial charge in [0.05, 0.1) is 21.0 Å². The molecule has 4 nitrogen and oxygen atoms in total. The number of hydrogen-bond donors (Lipinski definition) is 1. The van der Waals surface area contributed by atoms with E-state index in [1.54, 1.807) is 25.1 Å². The summed E-state index contributed by atoms with van der Waals surface area (Å²) in [5.41, 5.74) is -0.579. The number of amides is 1. The van der Waals surface area contributed by atoms with E-state index in [0.29, 0.717) is 23.6 Å². The Morgan fingerprint density at radius 1 is 1.37 bits per heavy atom. The number of likely N-dealkylation sites (tertiary alicyclic amines) is 1. The maximum atomic E-state index is 12.3. The van der Waals surface area contributed by atoms with Gasteiger partial charge in [-0.3, -0.25) is 9.59 Å². The molecule has 19 heavy (non-hydrogen) atoms. The smallest absolute Gasteiger partial charge is 0.311 e. The third-order valence-corrected chi connectivity index (χ3v) is 4.28.